The molecule has 0 unspecified atom stereocenters. The van der Waals surface area contributed by atoms with E-state index in [-0.39, 0.29) is 44.9 Å². The van der Waals surface area contributed by atoms with Crippen molar-refractivity contribution >= 4 is 11.5 Å². The lowest BCUT2D eigenvalue weighted by Gasteiger charge is -2.49. The fourth-order valence-corrected chi connectivity index (χ4v) is 4.12. The zero-order valence-corrected chi connectivity index (χ0v) is 21.8. The third-order valence-corrected chi connectivity index (χ3v) is 6.08. The molecule has 1 aromatic carbocycles. The smallest absolute Gasteiger partial charge is 0.155 e. The van der Waals surface area contributed by atoms with Crippen molar-refractivity contribution in [2.45, 2.75) is 93.9 Å². The van der Waals surface area contributed by atoms with Crippen molar-refractivity contribution in [1.29, 1.82) is 0 Å². The molecule has 0 saturated carbocycles. The number of ether oxygens (including phenoxy) is 1. The number of carbonyl (C=O) groups is 1. The topological polar surface area (TPSA) is 63.5 Å². The maximum atomic E-state index is 13.5. The zero-order chi connectivity index (χ0) is 24.6. The summed E-state index contributed by atoms with van der Waals surface area (Å²) < 4.78 is 6.50. The van der Waals surface area contributed by atoms with Crippen LogP contribution >= 0.6 is 0 Å². The van der Waals surface area contributed by atoms with Gasteiger partial charge in [0.1, 0.15) is 11.5 Å². The second kappa shape index (κ2) is 7.13. The summed E-state index contributed by atoms with van der Waals surface area (Å²) >= 11 is 0. The Morgan fingerprint density at radius 1 is 0.781 bits per heavy atom. The summed E-state index contributed by atoms with van der Waals surface area (Å²) in [7, 11) is 0. The van der Waals surface area contributed by atoms with E-state index in [0.717, 1.165) is 11.1 Å². The first-order chi connectivity index (χ1) is 14.2. The SMILES string of the molecule is CC(C)(C)C1=CC(C(C)(C)C)=C2Oc3c(C(C)(C)C)cc(C(C)(C)C)c([O-])c3[N-][C]2C1=O. The van der Waals surface area contributed by atoms with Crippen LogP contribution in [0.5, 0.6) is 11.5 Å². The van der Waals surface area contributed by atoms with Crippen LogP contribution in [0, 0.1) is 16.9 Å². The molecule has 32 heavy (non-hydrogen) atoms. The summed E-state index contributed by atoms with van der Waals surface area (Å²) in [5.74, 6) is 0.640. The van der Waals surface area contributed by atoms with Crippen LogP contribution in [0.25, 0.3) is 5.32 Å². The van der Waals surface area contributed by atoms with Gasteiger partial charge in [-0.3, -0.25) is 4.79 Å². The molecule has 0 saturated heterocycles. The Bertz CT molecular complexity index is 1030. The predicted molar refractivity (Wildman–Crippen MR) is 129 cm³/mol. The van der Waals surface area contributed by atoms with Crippen molar-refractivity contribution < 1.29 is 14.6 Å². The molecular weight excluding hydrogens is 398 g/mol. The van der Waals surface area contributed by atoms with Crippen molar-refractivity contribution in [1.82, 2.24) is 0 Å². The number of Topliss-reactive ketones (excluding diaryl/α,β-unsaturated/α-hetero) is 1. The third kappa shape index (κ3) is 4.09. The first kappa shape index (κ1) is 24.4. The zero-order valence-electron chi connectivity index (χ0n) is 21.8. The maximum Gasteiger partial charge on any atom is 0.155 e. The molecule has 175 valence electrons. The van der Waals surface area contributed by atoms with Crippen LogP contribution in [0.4, 0.5) is 5.69 Å². The number of ketones is 1. The fourth-order valence-electron chi connectivity index (χ4n) is 4.12. The van der Waals surface area contributed by atoms with Crippen LogP contribution in [0.3, 0.4) is 0 Å². The summed E-state index contributed by atoms with van der Waals surface area (Å²) in [4.78, 5) is 13.5. The lowest BCUT2D eigenvalue weighted by Crippen LogP contribution is -2.34. The molecule has 0 fully saturated rings. The summed E-state index contributed by atoms with van der Waals surface area (Å²) in [6.07, 6.45) is 1.97. The number of nitrogens with zero attached hydrogens (tertiary/aromatic N) is 1. The molecular formula is C28H38NO3-2. The lowest BCUT2D eigenvalue weighted by atomic mass is 9.72. The van der Waals surface area contributed by atoms with Gasteiger partial charge in [0.2, 0.25) is 0 Å². The highest BCUT2D eigenvalue weighted by Gasteiger charge is 2.40. The van der Waals surface area contributed by atoms with Gasteiger partial charge in [-0.15, -0.1) is 11.4 Å². The molecule has 1 radical (unpaired) electrons. The first-order valence-electron chi connectivity index (χ1n) is 11.4. The van der Waals surface area contributed by atoms with Gasteiger partial charge in [-0.25, -0.2) is 0 Å². The average molecular weight is 437 g/mol. The molecule has 3 rings (SSSR count). The number of hydrogen-bond donors (Lipinski definition) is 0. The van der Waals surface area contributed by atoms with Crippen LogP contribution < -0.4 is 9.84 Å². The van der Waals surface area contributed by atoms with Gasteiger partial charge in [0.15, 0.2) is 5.78 Å². The Labute approximate surface area is 194 Å². The van der Waals surface area contributed by atoms with Gasteiger partial charge in [-0.1, -0.05) is 94.7 Å². The van der Waals surface area contributed by atoms with E-state index in [0.29, 0.717) is 22.6 Å². The van der Waals surface area contributed by atoms with Crippen molar-refractivity contribution in [2.24, 2.45) is 10.8 Å². The molecule has 0 spiro atoms. The maximum absolute atomic E-state index is 13.5. The number of benzene rings is 1. The van der Waals surface area contributed by atoms with E-state index in [1.54, 1.807) is 0 Å². The molecule has 4 heteroatoms. The Morgan fingerprint density at radius 2 is 1.31 bits per heavy atom. The standard InChI is InChI=1S/C28H39NO3/c1-25(2,3)15-13-17(27(7,8)9)23-19(21(15)30)29-20-22(31)16(26(4,5)6)14-18(24(20)32-23)28(10,11)12/h13-14,30H,1-12H3/q-1/p-1. The molecule has 1 aromatic rings. The van der Waals surface area contributed by atoms with Gasteiger partial charge in [-0.2, -0.15) is 0 Å². The van der Waals surface area contributed by atoms with Gasteiger partial charge in [0, 0.05) is 11.6 Å². The third-order valence-electron chi connectivity index (χ3n) is 6.08. The fraction of sp³-hybridized carbons (Fsp3) is 0.571. The van der Waals surface area contributed by atoms with E-state index in [1.807, 2.05) is 53.7 Å². The van der Waals surface area contributed by atoms with Crippen LogP contribution in [0.15, 0.2) is 29.0 Å². The van der Waals surface area contributed by atoms with E-state index in [4.69, 9.17) is 10.1 Å². The number of rotatable bonds is 0. The molecule has 4 nitrogen and oxygen atoms in total. The normalized spacial score (nSPS) is 18.0. The van der Waals surface area contributed by atoms with E-state index in [9.17, 15) is 9.90 Å². The Morgan fingerprint density at radius 3 is 1.75 bits per heavy atom. The minimum atomic E-state index is -0.355. The highest BCUT2D eigenvalue weighted by atomic mass is 16.5. The van der Waals surface area contributed by atoms with Gasteiger partial charge >= 0.3 is 0 Å². The summed E-state index contributed by atoms with van der Waals surface area (Å²) in [5.41, 5.74) is 2.24. The molecule has 0 aromatic heterocycles. The molecule has 0 amide bonds. The molecule has 1 aliphatic carbocycles. The van der Waals surface area contributed by atoms with E-state index >= 15 is 0 Å². The molecule has 0 N–H and O–H groups in total. The second-order valence-electron chi connectivity index (χ2n) is 13.2. The minimum Gasteiger partial charge on any atom is -0.873 e. The highest BCUT2D eigenvalue weighted by molar-refractivity contribution is 6.14. The van der Waals surface area contributed by atoms with E-state index < -0.39 is 0 Å². The molecule has 2 aliphatic rings. The highest BCUT2D eigenvalue weighted by Crippen LogP contribution is 2.58. The Hall–Kier alpha value is -2.23. The van der Waals surface area contributed by atoms with E-state index in [1.165, 1.54) is 0 Å². The number of carbonyl (C=O) groups excluding carboxylic acids is 1. The van der Waals surface area contributed by atoms with Crippen LogP contribution in [-0.4, -0.2) is 5.78 Å². The van der Waals surface area contributed by atoms with Gasteiger partial charge in [-0.05, 0) is 38.9 Å². The van der Waals surface area contributed by atoms with Gasteiger partial charge < -0.3 is 15.2 Å². The molecule has 1 aliphatic heterocycles. The molecule has 0 atom stereocenters. The van der Waals surface area contributed by atoms with Crippen molar-refractivity contribution in [3.05, 3.63) is 51.5 Å². The van der Waals surface area contributed by atoms with Crippen LogP contribution in [0.1, 0.15) is 94.2 Å². The average Bonchev–Trinajstić information content (AvgIpc) is 2.56. The monoisotopic (exact) mass is 436 g/mol. The van der Waals surface area contributed by atoms with Crippen LogP contribution in [0.2, 0.25) is 0 Å². The van der Waals surface area contributed by atoms with Crippen LogP contribution in [-0.2, 0) is 15.6 Å². The predicted octanol–water partition coefficient (Wildman–Crippen LogP) is 7.14. The van der Waals surface area contributed by atoms with Crippen molar-refractivity contribution in [2.75, 3.05) is 0 Å². The Kier molecular flexibility index (Phi) is 5.44. The van der Waals surface area contributed by atoms with Crippen molar-refractivity contribution in [3.8, 4) is 11.5 Å². The summed E-state index contributed by atoms with van der Waals surface area (Å²) in [6.45, 7) is 24.7. The van der Waals surface area contributed by atoms with E-state index in [2.05, 4.69) is 41.5 Å². The summed E-state index contributed by atoms with van der Waals surface area (Å²) in [5, 5.41) is 18.3. The van der Waals surface area contributed by atoms with Gasteiger partial charge in [0.05, 0.1) is 0 Å². The molecule has 0 bridgehead atoms. The first-order valence-corrected chi connectivity index (χ1v) is 11.4. The van der Waals surface area contributed by atoms with Crippen molar-refractivity contribution in [3.63, 3.8) is 0 Å². The largest absolute Gasteiger partial charge is 0.873 e. The summed E-state index contributed by atoms with van der Waals surface area (Å²) in [6, 6.07) is 2.22. The number of hydrogen-bond acceptors (Lipinski definition) is 3. The Balaban J connectivity index is 2.36. The quantitative estimate of drug-likeness (QED) is 0.434. The second-order valence-corrected chi connectivity index (χ2v) is 13.2. The van der Waals surface area contributed by atoms with Gasteiger partial charge in [0.25, 0.3) is 0 Å². The molecule has 1 heterocycles. The lowest BCUT2D eigenvalue weighted by molar-refractivity contribution is -0.268. The number of allylic oxidation sites excluding steroid dienone is 2. The number of fused-ring (bicyclic) bond motifs is 2. The minimum absolute atomic E-state index is 0.163.